The van der Waals surface area contributed by atoms with E-state index in [0.29, 0.717) is 23.5 Å². The summed E-state index contributed by atoms with van der Waals surface area (Å²) in [4.78, 5) is 4.74. The molecule has 0 spiro atoms. The van der Waals surface area contributed by atoms with Crippen molar-refractivity contribution in [2.75, 3.05) is 33.4 Å². The van der Waals surface area contributed by atoms with Crippen LogP contribution in [0.5, 0.6) is 11.5 Å². The number of rotatable bonds is 10. The lowest BCUT2D eigenvalue weighted by Crippen LogP contribution is -2.42. The van der Waals surface area contributed by atoms with Gasteiger partial charge in [-0.05, 0) is 49.3 Å². The second-order valence-corrected chi connectivity index (χ2v) is 7.17. The van der Waals surface area contributed by atoms with Gasteiger partial charge in [0.25, 0.3) is 0 Å². The standard InChI is InChI=1S/C21H35N3O3/c1-4-21(10-6-7-11-21)16-24-20(22-5-2)23-15-17-8-9-18(27-13-12-25)19(14-17)26-3/h8-9,14,25H,4-7,10-13,15-16H2,1-3H3,(H2,22,23,24). The molecule has 0 heterocycles. The molecule has 0 unspecified atom stereocenters. The fourth-order valence-corrected chi connectivity index (χ4v) is 3.65. The molecule has 0 amide bonds. The highest BCUT2D eigenvalue weighted by Gasteiger charge is 2.31. The van der Waals surface area contributed by atoms with Crippen LogP contribution in [-0.2, 0) is 6.54 Å². The van der Waals surface area contributed by atoms with Crippen molar-refractivity contribution < 1.29 is 14.6 Å². The lowest BCUT2D eigenvalue weighted by molar-refractivity contribution is 0.196. The van der Waals surface area contributed by atoms with Crippen LogP contribution in [0.4, 0.5) is 0 Å². The molecule has 0 radical (unpaired) electrons. The van der Waals surface area contributed by atoms with E-state index in [-0.39, 0.29) is 13.2 Å². The molecule has 0 bridgehead atoms. The zero-order valence-electron chi connectivity index (χ0n) is 17.0. The van der Waals surface area contributed by atoms with Crippen molar-refractivity contribution >= 4 is 5.96 Å². The van der Waals surface area contributed by atoms with Gasteiger partial charge in [0.05, 0.1) is 20.3 Å². The first-order valence-corrected chi connectivity index (χ1v) is 10.1. The maximum absolute atomic E-state index is 8.91. The third-order valence-electron chi connectivity index (χ3n) is 5.39. The molecule has 2 rings (SSSR count). The number of guanidine groups is 1. The molecule has 6 heteroatoms. The summed E-state index contributed by atoms with van der Waals surface area (Å²) in [6.07, 6.45) is 6.51. The third kappa shape index (κ3) is 6.31. The van der Waals surface area contributed by atoms with Gasteiger partial charge in [0, 0.05) is 13.1 Å². The van der Waals surface area contributed by atoms with E-state index in [1.165, 1.54) is 32.1 Å². The molecule has 27 heavy (non-hydrogen) atoms. The molecule has 1 saturated carbocycles. The van der Waals surface area contributed by atoms with Crippen LogP contribution in [0.1, 0.15) is 51.5 Å². The quantitative estimate of drug-likeness (QED) is 0.432. The van der Waals surface area contributed by atoms with Crippen LogP contribution in [0.15, 0.2) is 23.2 Å². The lowest BCUT2D eigenvalue weighted by atomic mass is 9.83. The average Bonchev–Trinajstić information content (AvgIpc) is 3.18. The summed E-state index contributed by atoms with van der Waals surface area (Å²) in [5.41, 5.74) is 1.47. The van der Waals surface area contributed by atoms with E-state index >= 15 is 0 Å². The van der Waals surface area contributed by atoms with Crippen LogP contribution in [0.2, 0.25) is 0 Å². The van der Waals surface area contributed by atoms with Gasteiger partial charge in [0.2, 0.25) is 0 Å². The first-order valence-electron chi connectivity index (χ1n) is 10.1. The zero-order chi connectivity index (χ0) is 19.5. The van der Waals surface area contributed by atoms with Crippen molar-refractivity contribution in [1.29, 1.82) is 0 Å². The Morgan fingerprint density at radius 3 is 2.59 bits per heavy atom. The summed E-state index contributed by atoms with van der Waals surface area (Å²) in [5, 5.41) is 15.8. The predicted octanol–water partition coefficient (Wildman–Crippen LogP) is 3.09. The van der Waals surface area contributed by atoms with Crippen molar-refractivity contribution in [3.05, 3.63) is 23.8 Å². The minimum absolute atomic E-state index is 0.0217. The van der Waals surface area contributed by atoms with E-state index in [1.54, 1.807) is 7.11 Å². The van der Waals surface area contributed by atoms with Crippen LogP contribution in [-0.4, -0.2) is 44.5 Å². The second-order valence-electron chi connectivity index (χ2n) is 7.17. The highest BCUT2D eigenvalue weighted by Crippen LogP contribution is 2.40. The Labute approximate surface area is 163 Å². The third-order valence-corrected chi connectivity index (χ3v) is 5.39. The average molecular weight is 378 g/mol. The zero-order valence-corrected chi connectivity index (χ0v) is 17.0. The van der Waals surface area contributed by atoms with E-state index in [0.717, 1.165) is 24.6 Å². The molecule has 1 aromatic carbocycles. The van der Waals surface area contributed by atoms with E-state index in [9.17, 15) is 0 Å². The molecular formula is C21H35N3O3. The summed E-state index contributed by atoms with van der Waals surface area (Å²) in [5.74, 6) is 2.15. The number of nitrogens with zero attached hydrogens (tertiary/aromatic N) is 1. The minimum Gasteiger partial charge on any atom is -0.493 e. The van der Waals surface area contributed by atoms with Crippen LogP contribution in [0.3, 0.4) is 0 Å². The van der Waals surface area contributed by atoms with Gasteiger partial charge in [-0.25, -0.2) is 4.99 Å². The Bertz CT molecular complexity index is 598. The number of nitrogens with one attached hydrogen (secondary N) is 2. The molecular weight excluding hydrogens is 342 g/mol. The Morgan fingerprint density at radius 1 is 1.19 bits per heavy atom. The van der Waals surface area contributed by atoms with E-state index in [2.05, 4.69) is 24.5 Å². The van der Waals surface area contributed by atoms with Gasteiger partial charge in [0.1, 0.15) is 6.61 Å². The normalized spacial score (nSPS) is 16.2. The molecule has 0 aliphatic heterocycles. The van der Waals surface area contributed by atoms with Crippen LogP contribution >= 0.6 is 0 Å². The van der Waals surface area contributed by atoms with Gasteiger partial charge < -0.3 is 25.2 Å². The van der Waals surface area contributed by atoms with E-state index < -0.39 is 0 Å². The van der Waals surface area contributed by atoms with E-state index in [1.807, 2.05) is 18.2 Å². The minimum atomic E-state index is -0.0217. The number of hydrogen-bond donors (Lipinski definition) is 3. The van der Waals surface area contributed by atoms with Crippen molar-refractivity contribution in [3.8, 4) is 11.5 Å². The summed E-state index contributed by atoms with van der Waals surface area (Å²) in [6, 6.07) is 5.78. The molecule has 1 fully saturated rings. The Balaban J connectivity index is 2.00. The number of aliphatic imine (C=N–C) groups is 1. The number of aliphatic hydroxyl groups is 1. The van der Waals surface area contributed by atoms with Gasteiger partial charge in [-0.1, -0.05) is 25.8 Å². The molecule has 3 N–H and O–H groups in total. The summed E-state index contributed by atoms with van der Waals surface area (Å²) in [6.45, 7) is 6.98. The first-order chi connectivity index (χ1) is 13.2. The molecule has 0 saturated heterocycles. The van der Waals surface area contributed by atoms with Gasteiger partial charge in [-0.3, -0.25) is 0 Å². The topological polar surface area (TPSA) is 75.1 Å². The number of hydrogen-bond acceptors (Lipinski definition) is 4. The Morgan fingerprint density at radius 2 is 1.96 bits per heavy atom. The Hall–Kier alpha value is -1.95. The fraction of sp³-hybridized carbons (Fsp3) is 0.667. The summed E-state index contributed by atoms with van der Waals surface area (Å²) >= 11 is 0. The monoisotopic (exact) mass is 377 g/mol. The number of aliphatic hydroxyl groups excluding tert-OH is 1. The molecule has 0 atom stereocenters. The number of methoxy groups -OCH3 is 1. The Kier molecular flexibility index (Phi) is 8.72. The maximum Gasteiger partial charge on any atom is 0.191 e. The second kappa shape index (κ2) is 11.0. The fourth-order valence-electron chi connectivity index (χ4n) is 3.65. The van der Waals surface area contributed by atoms with Crippen LogP contribution in [0, 0.1) is 5.41 Å². The smallest absolute Gasteiger partial charge is 0.191 e. The highest BCUT2D eigenvalue weighted by atomic mass is 16.5. The molecule has 6 nitrogen and oxygen atoms in total. The summed E-state index contributed by atoms with van der Waals surface area (Å²) in [7, 11) is 1.62. The number of benzene rings is 1. The molecule has 1 aliphatic rings. The lowest BCUT2D eigenvalue weighted by Gasteiger charge is -2.28. The molecule has 1 aliphatic carbocycles. The van der Waals surface area contributed by atoms with Gasteiger partial charge in [-0.2, -0.15) is 0 Å². The van der Waals surface area contributed by atoms with Gasteiger partial charge in [-0.15, -0.1) is 0 Å². The maximum atomic E-state index is 8.91. The van der Waals surface area contributed by atoms with Crippen molar-refractivity contribution in [2.24, 2.45) is 10.4 Å². The summed E-state index contributed by atoms with van der Waals surface area (Å²) < 4.78 is 10.9. The van der Waals surface area contributed by atoms with Crippen molar-refractivity contribution in [3.63, 3.8) is 0 Å². The highest BCUT2D eigenvalue weighted by molar-refractivity contribution is 5.79. The van der Waals surface area contributed by atoms with Crippen molar-refractivity contribution in [1.82, 2.24) is 10.6 Å². The van der Waals surface area contributed by atoms with E-state index in [4.69, 9.17) is 19.6 Å². The number of ether oxygens (including phenoxy) is 2. The van der Waals surface area contributed by atoms with Gasteiger partial charge in [0.15, 0.2) is 17.5 Å². The SMILES string of the molecule is CCNC(=NCc1ccc(OCCO)c(OC)c1)NCC1(CC)CCCC1. The largest absolute Gasteiger partial charge is 0.493 e. The first kappa shape index (κ1) is 21.4. The molecule has 152 valence electrons. The van der Waals surface area contributed by atoms with Crippen LogP contribution < -0.4 is 20.1 Å². The van der Waals surface area contributed by atoms with Crippen LogP contribution in [0.25, 0.3) is 0 Å². The molecule has 0 aromatic heterocycles. The molecule has 1 aromatic rings. The van der Waals surface area contributed by atoms with Crippen molar-refractivity contribution in [2.45, 2.75) is 52.5 Å². The van der Waals surface area contributed by atoms with Gasteiger partial charge >= 0.3 is 0 Å². The predicted molar refractivity (Wildman–Crippen MR) is 110 cm³/mol.